The summed E-state index contributed by atoms with van der Waals surface area (Å²) in [6, 6.07) is 14.6. The maximum absolute atomic E-state index is 12.7. The zero-order valence-electron chi connectivity index (χ0n) is 14.2. The van der Waals surface area contributed by atoms with Gasteiger partial charge in [-0.2, -0.15) is 0 Å². The molecule has 0 aliphatic carbocycles. The third kappa shape index (κ3) is 4.33. The number of carbonyl (C=O) groups excluding carboxylic acids is 1. The number of hydrogen-bond donors (Lipinski definition) is 0. The Balaban J connectivity index is 2.31. The molecule has 0 N–H and O–H groups in total. The summed E-state index contributed by atoms with van der Waals surface area (Å²) in [7, 11) is 0. The number of rotatable bonds is 5. The van der Waals surface area contributed by atoms with Gasteiger partial charge in [0.05, 0.1) is 0 Å². The number of hydrogen-bond acceptors (Lipinski definition) is 1. The maximum atomic E-state index is 12.7. The Morgan fingerprint density at radius 1 is 1.05 bits per heavy atom. The zero-order valence-corrected chi connectivity index (χ0v) is 14.2. The van der Waals surface area contributed by atoms with Gasteiger partial charge in [0.25, 0.3) is 0 Å². The molecule has 0 radical (unpaired) electrons. The van der Waals surface area contributed by atoms with Crippen molar-refractivity contribution in [2.45, 2.75) is 47.0 Å². The molecule has 0 spiro atoms. The van der Waals surface area contributed by atoms with E-state index in [1.54, 1.807) is 0 Å². The van der Waals surface area contributed by atoms with Crippen LogP contribution in [0.1, 0.15) is 47.0 Å². The molecule has 0 fully saturated rings. The first-order chi connectivity index (χ1) is 10.4. The Morgan fingerprint density at radius 2 is 1.73 bits per heavy atom. The fourth-order valence-corrected chi connectivity index (χ4v) is 2.61. The second kappa shape index (κ2) is 6.95. The molecule has 0 bridgehead atoms. The van der Waals surface area contributed by atoms with Crippen molar-refractivity contribution in [2.75, 3.05) is 11.4 Å². The van der Waals surface area contributed by atoms with Crippen molar-refractivity contribution in [1.29, 1.82) is 0 Å². The van der Waals surface area contributed by atoms with Crippen molar-refractivity contribution in [3.05, 3.63) is 42.5 Å². The van der Waals surface area contributed by atoms with E-state index in [4.69, 9.17) is 0 Å². The minimum atomic E-state index is 0.0123. The van der Waals surface area contributed by atoms with Crippen LogP contribution in [0.15, 0.2) is 42.5 Å². The van der Waals surface area contributed by atoms with Gasteiger partial charge in [-0.3, -0.25) is 4.79 Å². The van der Waals surface area contributed by atoms with E-state index in [0.717, 1.165) is 25.1 Å². The number of amides is 1. The molecule has 2 heteroatoms. The zero-order chi connectivity index (χ0) is 16.2. The van der Waals surface area contributed by atoms with E-state index in [0.29, 0.717) is 6.42 Å². The predicted octanol–water partition coefficient (Wildman–Crippen LogP) is 5.41. The molecule has 0 aliphatic rings. The third-order valence-corrected chi connectivity index (χ3v) is 3.76. The van der Waals surface area contributed by atoms with Crippen molar-refractivity contribution in [2.24, 2.45) is 5.41 Å². The molecule has 118 valence electrons. The summed E-state index contributed by atoms with van der Waals surface area (Å²) in [6.07, 6.45) is 2.69. The van der Waals surface area contributed by atoms with Crippen LogP contribution >= 0.6 is 0 Å². The summed E-state index contributed by atoms with van der Waals surface area (Å²) in [5.74, 6) is 0.219. The highest BCUT2D eigenvalue weighted by Crippen LogP contribution is 2.26. The van der Waals surface area contributed by atoms with Gasteiger partial charge in [0.1, 0.15) is 0 Å². The maximum Gasteiger partial charge on any atom is 0.227 e. The summed E-state index contributed by atoms with van der Waals surface area (Å²) < 4.78 is 0. The Hall–Kier alpha value is -1.83. The van der Waals surface area contributed by atoms with Crippen LogP contribution in [-0.2, 0) is 4.79 Å². The number of anilines is 1. The summed E-state index contributed by atoms with van der Waals surface area (Å²) in [5, 5.41) is 2.40. The monoisotopic (exact) mass is 297 g/mol. The molecular weight excluding hydrogens is 270 g/mol. The second-order valence-electron chi connectivity index (χ2n) is 7.17. The lowest BCUT2D eigenvalue weighted by Gasteiger charge is -2.27. The van der Waals surface area contributed by atoms with E-state index in [1.165, 1.54) is 10.8 Å². The van der Waals surface area contributed by atoms with Crippen molar-refractivity contribution in [3.8, 4) is 0 Å². The number of carbonyl (C=O) groups is 1. The Morgan fingerprint density at radius 3 is 2.36 bits per heavy atom. The van der Waals surface area contributed by atoms with Gasteiger partial charge in [-0.05, 0) is 34.7 Å². The third-order valence-electron chi connectivity index (χ3n) is 3.76. The number of nitrogens with zero attached hydrogens (tertiary/aromatic N) is 1. The van der Waals surface area contributed by atoms with E-state index in [-0.39, 0.29) is 11.3 Å². The molecule has 0 atom stereocenters. The molecule has 0 saturated heterocycles. The first-order valence-electron chi connectivity index (χ1n) is 8.20. The van der Waals surface area contributed by atoms with Gasteiger partial charge in [0, 0.05) is 18.7 Å². The van der Waals surface area contributed by atoms with Crippen LogP contribution in [0.25, 0.3) is 10.8 Å². The molecule has 0 aromatic heterocycles. The van der Waals surface area contributed by atoms with E-state index in [9.17, 15) is 4.79 Å². The van der Waals surface area contributed by atoms with Gasteiger partial charge in [-0.1, -0.05) is 64.4 Å². The summed E-state index contributed by atoms with van der Waals surface area (Å²) in [6.45, 7) is 9.30. The molecule has 2 aromatic rings. The number of unbranched alkanes of at least 4 members (excludes halogenated alkanes) is 1. The lowest BCUT2D eigenvalue weighted by Crippen LogP contribution is -2.34. The fraction of sp³-hybridized carbons (Fsp3) is 0.450. The summed E-state index contributed by atoms with van der Waals surface area (Å²) >= 11 is 0. The summed E-state index contributed by atoms with van der Waals surface area (Å²) in [5.41, 5.74) is 1.03. The van der Waals surface area contributed by atoms with Gasteiger partial charge in [-0.15, -0.1) is 0 Å². The normalized spacial score (nSPS) is 11.6. The topological polar surface area (TPSA) is 20.3 Å². The molecule has 2 nitrogen and oxygen atoms in total. The van der Waals surface area contributed by atoms with Gasteiger partial charge in [0.2, 0.25) is 5.91 Å². The van der Waals surface area contributed by atoms with Crippen LogP contribution in [0.4, 0.5) is 5.69 Å². The lowest BCUT2D eigenvalue weighted by atomic mass is 9.91. The minimum Gasteiger partial charge on any atom is -0.312 e. The van der Waals surface area contributed by atoms with Gasteiger partial charge in [0.15, 0.2) is 0 Å². The largest absolute Gasteiger partial charge is 0.312 e. The van der Waals surface area contributed by atoms with Gasteiger partial charge in [-0.25, -0.2) is 0 Å². The standard InChI is InChI=1S/C20H27NO/c1-5-6-13-21(19(22)15-20(2,3)4)18-12-11-16-9-7-8-10-17(16)14-18/h7-12,14H,5-6,13,15H2,1-4H3. The smallest absolute Gasteiger partial charge is 0.227 e. The SMILES string of the molecule is CCCCN(C(=O)CC(C)(C)C)c1ccc2ccccc2c1. The fourth-order valence-electron chi connectivity index (χ4n) is 2.61. The Bertz CT molecular complexity index is 639. The molecule has 0 unspecified atom stereocenters. The van der Waals surface area contributed by atoms with E-state index in [2.05, 4.69) is 58.0 Å². The van der Waals surface area contributed by atoms with Crippen LogP contribution in [-0.4, -0.2) is 12.5 Å². The predicted molar refractivity (Wildman–Crippen MR) is 95.3 cm³/mol. The van der Waals surface area contributed by atoms with Crippen LogP contribution in [0.2, 0.25) is 0 Å². The highest BCUT2D eigenvalue weighted by atomic mass is 16.2. The van der Waals surface area contributed by atoms with Gasteiger partial charge < -0.3 is 4.90 Å². The molecule has 0 saturated carbocycles. The van der Waals surface area contributed by atoms with E-state index >= 15 is 0 Å². The average molecular weight is 297 g/mol. The summed E-state index contributed by atoms with van der Waals surface area (Å²) in [4.78, 5) is 14.7. The number of benzene rings is 2. The first-order valence-corrected chi connectivity index (χ1v) is 8.20. The van der Waals surface area contributed by atoms with Crippen molar-refractivity contribution in [3.63, 3.8) is 0 Å². The molecule has 0 heterocycles. The molecule has 2 aromatic carbocycles. The number of fused-ring (bicyclic) bond motifs is 1. The molecule has 22 heavy (non-hydrogen) atoms. The lowest BCUT2D eigenvalue weighted by molar-refractivity contribution is -0.120. The minimum absolute atomic E-state index is 0.0123. The first kappa shape index (κ1) is 16.5. The van der Waals surface area contributed by atoms with Crippen molar-refractivity contribution >= 4 is 22.4 Å². The Kier molecular flexibility index (Phi) is 5.23. The molecule has 2 rings (SSSR count). The molecule has 1 amide bonds. The van der Waals surface area contributed by atoms with E-state index in [1.807, 2.05) is 17.0 Å². The van der Waals surface area contributed by atoms with E-state index < -0.39 is 0 Å². The quantitative estimate of drug-likeness (QED) is 0.722. The van der Waals surface area contributed by atoms with Crippen LogP contribution < -0.4 is 4.90 Å². The van der Waals surface area contributed by atoms with Gasteiger partial charge >= 0.3 is 0 Å². The highest BCUT2D eigenvalue weighted by Gasteiger charge is 2.22. The van der Waals surface area contributed by atoms with Crippen LogP contribution in [0.3, 0.4) is 0 Å². The van der Waals surface area contributed by atoms with Crippen LogP contribution in [0, 0.1) is 5.41 Å². The van der Waals surface area contributed by atoms with Crippen molar-refractivity contribution in [1.82, 2.24) is 0 Å². The van der Waals surface area contributed by atoms with Crippen LogP contribution in [0.5, 0.6) is 0 Å². The van der Waals surface area contributed by atoms with Crippen molar-refractivity contribution < 1.29 is 4.79 Å². The second-order valence-corrected chi connectivity index (χ2v) is 7.17. The molecular formula is C20H27NO. The molecule has 0 aliphatic heterocycles. The Labute approximate surface area is 134 Å². The average Bonchev–Trinajstić information content (AvgIpc) is 2.45. The highest BCUT2D eigenvalue weighted by molar-refractivity contribution is 5.96.